The molecule has 0 saturated carbocycles. The Labute approximate surface area is 156 Å². The first-order chi connectivity index (χ1) is 12.2. The van der Waals surface area contributed by atoms with Crippen molar-refractivity contribution in [2.45, 2.75) is 38.5 Å². The fourth-order valence-electron chi connectivity index (χ4n) is 4.70. The number of nitrogen functional groups attached to an aromatic ring is 1. The van der Waals surface area contributed by atoms with Crippen LogP contribution in [0.5, 0.6) is 0 Å². The summed E-state index contributed by atoms with van der Waals surface area (Å²) in [6.07, 6.45) is 2.39. The Morgan fingerprint density at radius 1 is 0.962 bits per heavy atom. The molecule has 0 amide bonds. The van der Waals surface area contributed by atoms with Gasteiger partial charge in [0.2, 0.25) is 5.69 Å². The molecule has 3 nitrogen and oxygen atoms in total. The molecule has 26 heavy (non-hydrogen) atoms. The molecule has 2 N–H and O–H groups in total. The average molecular weight is 346 g/mol. The predicted molar refractivity (Wildman–Crippen MR) is 111 cm³/mol. The molecule has 2 aliphatic rings. The lowest BCUT2D eigenvalue weighted by Gasteiger charge is -2.25. The van der Waals surface area contributed by atoms with Crippen molar-refractivity contribution in [3.8, 4) is 0 Å². The van der Waals surface area contributed by atoms with Crippen LogP contribution in [0.1, 0.15) is 38.8 Å². The van der Waals surface area contributed by atoms with Crippen molar-refractivity contribution in [2.24, 2.45) is 0 Å². The van der Waals surface area contributed by atoms with Crippen LogP contribution >= 0.6 is 0 Å². The van der Waals surface area contributed by atoms with Crippen LogP contribution in [-0.2, 0) is 10.8 Å². The van der Waals surface area contributed by atoms with Gasteiger partial charge >= 0.3 is 0 Å². The van der Waals surface area contributed by atoms with E-state index in [1.54, 1.807) is 0 Å². The molecule has 0 spiro atoms. The van der Waals surface area contributed by atoms with Crippen LogP contribution in [0.2, 0.25) is 0 Å². The zero-order chi connectivity index (χ0) is 18.9. The summed E-state index contributed by atoms with van der Waals surface area (Å²) in [4.78, 5) is 2.31. The molecule has 0 unspecified atom stereocenters. The summed E-state index contributed by atoms with van der Waals surface area (Å²) in [5.74, 6) is 0. The van der Waals surface area contributed by atoms with E-state index < -0.39 is 0 Å². The van der Waals surface area contributed by atoms with Crippen LogP contribution < -0.4 is 10.6 Å². The molecule has 0 saturated heterocycles. The summed E-state index contributed by atoms with van der Waals surface area (Å²) in [7, 11) is 4.33. The second kappa shape index (κ2) is 5.23. The summed E-state index contributed by atoms with van der Waals surface area (Å²) >= 11 is 0. The van der Waals surface area contributed by atoms with Crippen LogP contribution in [0.25, 0.3) is 0 Å². The number of rotatable bonds is 1. The molecule has 0 radical (unpaired) electrons. The van der Waals surface area contributed by atoms with Crippen LogP contribution in [-0.4, -0.2) is 24.4 Å². The molecule has 4 rings (SSSR count). The predicted octanol–water partition coefficient (Wildman–Crippen LogP) is 4.59. The fourth-order valence-corrected chi connectivity index (χ4v) is 4.70. The number of allylic oxidation sites excluding steroid dienone is 2. The summed E-state index contributed by atoms with van der Waals surface area (Å²) in [6, 6.07) is 15.0. The highest BCUT2D eigenvalue weighted by Gasteiger charge is 2.46. The number of nitrogens with zero attached hydrogens (tertiary/aromatic N) is 2. The number of hydrogen-bond acceptors (Lipinski definition) is 2. The van der Waals surface area contributed by atoms with Gasteiger partial charge in [-0.2, -0.15) is 4.58 Å². The van der Waals surface area contributed by atoms with E-state index in [4.69, 9.17) is 5.73 Å². The van der Waals surface area contributed by atoms with E-state index in [1.807, 2.05) is 6.07 Å². The Morgan fingerprint density at radius 2 is 1.65 bits per heavy atom. The lowest BCUT2D eigenvalue weighted by molar-refractivity contribution is -0.401. The summed E-state index contributed by atoms with van der Waals surface area (Å²) in [5.41, 5.74) is 14.6. The lowest BCUT2D eigenvalue weighted by Crippen LogP contribution is -2.31. The molecular formula is C23H28N3+. The van der Waals surface area contributed by atoms with Crippen molar-refractivity contribution in [2.75, 3.05) is 24.7 Å². The minimum Gasteiger partial charge on any atom is -0.399 e. The van der Waals surface area contributed by atoms with Gasteiger partial charge in [-0.05, 0) is 37.6 Å². The van der Waals surface area contributed by atoms with E-state index in [2.05, 4.69) is 93.7 Å². The lowest BCUT2D eigenvalue weighted by atomic mass is 9.78. The van der Waals surface area contributed by atoms with Gasteiger partial charge in [0, 0.05) is 47.2 Å². The quantitative estimate of drug-likeness (QED) is 0.605. The Bertz CT molecular complexity index is 977. The zero-order valence-electron chi connectivity index (χ0n) is 16.6. The van der Waals surface area contributed by atoms with Crippen molar-refractivity contribution in [1.82, 2.24) is 0 Å². The second-order valence-corrected chi connectivity index (χ2v) is 8.58. The van der Waals surface area contributed by atoms with E-state index in [0.29, 0.717) is 0 Å². The highest BCUT2D eigenvalue weighted by atomic mass is 15.2. The molecular weight excluding hydrogens is 318 g/mol. The summed E-state index contributed by atoms with van der Waals surface area (Å²) < 4.78 is 2.34. The minimum atomic E-state index is -0.0852. The Hall–Kier alpha value is -2.55. The van der Waals surface area contributed by atoms with E-state index in [-0.39, 0.29) is 10.8 Å². The normalized spacial score (nSPS) is 21.3. The Balaban J connectivity index is 1.89. The number of likely N-dealkylation sites (N-methyl/N-ethyl adjacent to an activating group) is 1. The molecule has 134 valence electrons. The highest BCUT2D eigenvalue weighted by molar-refractivity contribution is 6.04. The molecule has 0 fully saturated rings. The molecule has 3 heteroatoms. The van der Waals surface area contributed by atoms with Gasteiger partial charge in [0.25, 0.3) is 0 Å². The molecule has 0 bridgehead atoms. The third kappa shape index (κ3) is 2.09. The van der Waals surface area contributed by atoms with Gasteiger partial charge in [0.05, 0.1) is 5.41 Å². The first-order valence-corrected chi connectivity index (χ1v) is 9.22. The van der Waals surface area contributed by atoms with E-state index in [9.17, 15) is 0 Å². The molecule has 2 heterocycles. The largest absolute Gasteiger partial charge is 0.399 e. The average Bonchev–Trinajstić information content (AvgIpc) is 2.90. The van der Waals surface area contributed by atoms with E-state index in [1.165, 1.54) is 33.9 Å². The molecule has 0 aromatic heterocycles. The van der Waals surface area contributed by atoms with Gasteiger partial charge < -0.3 is 10.6 Å². The SMILES string of the molecule is CN1C(=CC2=[N+](C)c3ccccc3C2(C)C)C(C)(C)c2cc(N)ccc21. The Morgan fingerprint density at radius 3 is 2.35 bits per heavy atom. The second-order valence-electron chi connectivity index (χ2n) is 8.58. The van der Waals surface area contributed by atoms with Crippen LogP contribution in [0.3, 0.4) is 0 Å². The number of anilines is 2. The van der Waals surface area contributed by atoms with Gasteiger partial charge in [-0.3, -0.25) is 0 Å². The summed E-state index contributed by atoms with van der Waals surface area (Å²) in [5, 5.41) is 0. The van der Waals surface area contributed by atoms with Crippen molar-refractivity contribution >= 4 is 22.8 Å². The third-order valence-electron chi connectivity index (χ3n) is 6.27. The van der Waals surface area contributed by atoms with Crippen molar-refractivity contribution in [3.63, 3.8) is 0 Å². The minimum absolute atomic E-state index is 0.0247. The van der Waals surface area contributed by atoms with Gasteiger partial charge in [-0.15, -0.1) is 0 Å². The van der Waals surface area contributed by atoms with Crippen molar-refractivity contribution in [3.05, 3.63) is 65.4 Å². The van der Waals surface area contributed by atoms with Gasteiger partial charge in [0.15, 0.2) is 5.71 Å². The molecule has 2 aromatic rings. The topological polar surface area (TPSA) is 32.3 Å². The standard InChI is InChI=1S/C23H28N3/c1-22(2)16-9-7-8-10-18(16)25(5)20(22)14-21-23(3,4)17-13-15(24)11-12-19(17)26(21)6/h7-14H,24H2,1-6H3/q+1. The monoisotopic (exact) mass is 346 g/mol. The number of nitrogens with two attached hydrogens (primary N) is 1. The number of benzene rings is 2. The van der Waals surface area contributed by atoms with Crippen molar-refractivity contribution < 1.29 is 4.58 Å². The number of fused-ring (bicyclic) bond motifs is 2. The molecule has 0 aliphatic carbocycles. The Kier molecular flexibility index (Phi) is 3.40. The van der Waals surface area contributed by atoms with Gasteiger partial charge in [0.1, 0.15) is 7.05 Å². The zero-order valence-corrected chi connectivity index (χ0v) is 16.6. The van der Waals surface area contributed by atoms with Crippen LogP contribution in [0.15, 0.2) is 54.2 Å². The maximum atomic E-state index is 6.08. The molecule has 0 atom stereocenters. The van der Waals surface area contributed by atoms with E-state index >= 15 is 0 Å². The maximum absolute atomic E-state index is 6.08. The highest BCUT2D eigenvalue weighted by Crippen LogP contribution is 2.48. The summed E-state index contributed by atoms with van der Waals surface area (Å²) in [6.45, 7) is 9.20. The fraction of sp³-hybridized carbons (Fsp3) is 0.348. The molecule has 2 aliphatic heterocycles. The van der Waals surface area contributed by atoms with Gasteiger partial charge in [-0.25, -0.2) is 0 Å². The first kappa shape index (κ1) is 16.9. The van der Waals surface area contributed by atoms with Gasteiger partial charge in [-0.1, -0.05) is 32.0 Å². The van der Waals surface area contributed by atoms with Crippen LogP contribution in [0, 0.1) is 0 Å². The number of para-hydroxylation sites is 1. The number of hydrogen-bond donors (Lipinski definition) is 1. The smallest absolute Gasteiger partial charge is 0.209 e. The third-order valence-corrected chi connectivity index (χ3v) is 6.27. The van der Waals surface area contributed by atoms with E-state index in [0.717, 1.165) is 5.69 Å². The van der Waals surface area contributed by atoms with Crippen LogP contribution in [0.4, 0.5) is 17.1 Å². The first-order valence-electron chi connectivity index (χ1n) is 9.22. The maximum Gasteiger partial charge on any atom is 0.209 e. The van der Waals surface area contributed by atoms with Crippen molar-refractivity contribution in [1.29, 1.82) is 0 Å². The molecule has 2 aromatic carbocycles.